The van der Waals surface area contributed by atoms with Crippen LogP contribution in [0.15, 0.2) is 48.5 Å². The molecule has 0 spiro atoms. The molecule has 0 aliphatic rings. The minimum Gasteiger partial charge on any atom is -0.480 e. The first-order valence-corrected chi connectivity index (χ1v) is 6.33. The fraction of sp³-hybridized carbons (Fsp3) is 0.188. The largest absolute Gasteiger partial charge is 0.480 e. The van der Waals surface area contributed by atoms with Gasteiger partial charge in [-0.1, -0.05) is 36.4 Å². The molecule has 4 heteroatoms. The molecule has 1 N–H and O–H groups in total. The van der Waals surface area contributed by atoms with Crippen LogP contribution in [0.4, 0.5) is 10.1 Å². The number of aliphatic carboxylic acids is 1. The number of carboxylic acids is 1. The number of benzene rings is 2. The van der Waals surface area contributed by atoms with E-state index < -0.39 is 5.97 Å². The quantitative estimate of drug-likeness (QED) is 0.909. The standard InChI is InChI=1S/C16H16FNO2/c1-12-6-2-5-9-15(12)18(11-16(19)20)10-13-7-3-4-8-14(13)17/h2-9H,10-11H2,1H3,(H,19,20). The highest BCUT2D eigenvalue weighted by molar-refractivity contribution is 5.74. The van der Waals surface area contributed by atoms with Gasteiger partial charge in [0.2, 0.25) is 0 Å². The lowest BCUT2D eigenvalue weighted by Gasteiger charge is -2.25. The van der Waals surface area contributed by atoms with Crippen LogP contribution in [0.25, 0.3) is 0 Å². The van der Waals surface area contributed by atoms with Crippen molar-refractivity contribution in [1.82, 2.24) is 0 Å². The molecule has 2 aromatic rings. The molecule has 0 unspecified atom stereocenters. The van der Waals surface area contributed by atoms with E-state index in [0.717, 1.165) is 11.3 Å². The Kier molecular flexibility index (Phi) is 4.35. The minimum atomic E-state index is -0.940. The number of rotatable bonds is 5. The van der Waals surface area contributed by atoms with E-state index in [-0.39, 0.29) is 18.9 Å². The second kappa shape index (κ2) is 6.19. The van der Waals surface area contributed by atoms with Crippen LogP contribution >= 0.6 is 0 Å². The van der Waals surface area contributed by atoms with Crippen molar-refractivity contribution in [3.05, 3.63) is 65.5 Å². The maximum Gasteiger partial charge on any atom is 0.323 e. The Labute approximate surface area is 117 Å². The van der Waals surface area contributed by atoms with Crippen LogP contribution in [0.1, 0.15) is 11.1 Å². The van der Waals surface area contributed by atoms with Crippen LogP contribution in [0.2, 0.25) is 0 Å². The highest BCUT2D eigenvalue weighted by atomic mass is 19.1. The van der Waals surface area contributed by atoms with Gasteiger partial charge in [0.25, 0.3) is 0 Å². The van der Waals surface area contributed by atoms with Gasteiger partial charge in [0.05, 0.1) is 0 Å². The predicted octanol–water partition coefficient (Wildman–Crippen LogP) is 3.23. The third-order valence-corrected chi connectivity index (χ3v) is 3.10. The minimum absolute atomic E-state index is 0.167. The Hall–Kier alpha value is -2.36. The van der Waals surface area contributed by atoms with Crippen molar-refractivity contribution < 1.29 is 14.3 Å². The molecule has 2 rings (SSSR count). The van der Waals surface area contributed by atoms with Gasteiger partial charge in [-0.3, -0.25) is 4.79 Å². The molecule has 0 heterocycles. The number of nitrogens with zero attached hydrogens (tertiary/aromatic N) is 1. The van der Waals surface area contributed by atoms with Gasteiger partial charge in [0, 0.05) is 17.8 Å². The summed E-state index contributed by atoms with van der Waals surface area (Å²) in [6.45, 7) is 1.97. The van der Waals surface area contributed by atoms with E-state index in [0.29, 0.717) is 5.56 Å². The molecule has 0 aromatic heterocycles. The Balaban J connectivity index is 2.32. The van der Waals surface area contributed by atoms with Gasteiger partial charge in [-0.2, -0.15) is 0 Å². The molecular formula is C16H16FNO2. The molecule has 104 valence electrons. The van der Waals surface area contributed by atoms with Gasteiger partial charge < -0.3 is 10.0 Å². The fourth-order valence-corrected chi connectivity index (χ4v) is 2.14. The summed E-state index contributed by atoms with van der Waals surface area (Å²) >= 11 is 0. The summed E-state index contributed by atoms with van der Waals surface area (Å²) in [7, 11) is 0. The van der Waals surface area contributed by atoms with Crippen LogP contribution in [-0.4, -0.2) is 17.6 Å². The van der Waals surface area contributed by atoms with Crippen molar-refractivity contribution in [2.75, 3.05) is 11.4 Å². The first-order valence-electron chi connectivity index (χ1n) is 6.33. The average molecular weight is 273 g/mol. The topological polar surface area (TPSA) is 40.5 Å². The summed E-state index contributed by atoms with van der Waals surface area (Å²) in [6, 6.07) is 13.9. The van der Waals surface area contributed by atoms with Crippen LogP contribution < -0.4 is 4.90 Å². The molecule has 0 radical (unpaired) electrons. The van der Waals surface area contributed by atoms with Crippen molar-refractivity contribution >= 4 is 11.7 Å². The van der Waals surface area contributed by atoms with E-state index in [2.05, 4.69) is 0 Å². The van der Waals surface area contributed by atoms with E-state index in [1.165, 1.54) is 6.07 Å². The zero-order valence-corrected chi connectivity index (χ0v) is 11.2. The summed E-state index contributed by atoms with van der Waals surface area (Å²) in [5.74, 6) is -1.26. The van der Waals surface area contributed by atoms with Gasteiger partial charge in [-0.25, -0.2) is 4.39 Å². The van der Waals surface area contributed by atoms with Crippen molar-refractivity contribution in [2.45, 2.75) is 13.5 Å². The lowest BCUT2D eigenvalue weighted by molar-refractivity contribution is -0.135. The Morgan fingerprint density at radius 1 is 1.15 bits per heavy atom. The van der Waals surface area contributed by atoms with Gasteiger partial charge in [-0.05, 0) is 24.6 Å². The first kappa shape index (κ1) is 14.1. The number of aryl methyl sites for hydroxylation is 1. The molecule has 2 aromatic carbocycles. The van der Waals surface area contributed by atoms with Crippen molar-refractivity contribution in [1.29, 1.82) is 0 Å². The maximum atomic E-state index is 13.7. The number of hydrogen-bond acceptors (Lipinski definition) is 2. The number of hydrogen-bond donors (Lipinski definition) is 1. The van der Waals surface area contributed by atoms with E-state index >= 15 is 0 Å². The lowest BCUT2D eigenvalue weighted by atomic mass is 10.1. The van der Waals surface area contributed by atoms with Gasteiger partial charge in [-0.15, -0.1) is 0 Å². The third kappa shape index (κ3) is 3.35. The van der Waals surface area contributed by atoms with Crippen LogP contribution in [0, 0.1) is 12.7 Å². The normalized spacial score (nSPS) is 10.3. The average Bonchev–Trinajstić information content (AvgIpc) is 2.40. The number of carboxylic acid groups (broad SMARTS) is 1. The molecule has 0 aliphatic heterocycles. The van der Waals surface area contributed by atoms with Crippen molar-refractivity contribution in [3.63, 3.8) is 0 Å². The summed E-state index contributed by atoms with van der Waals surface area (Å²) in [6.07, 6.45) is 0. The molecule has 0 fully saturated rings. The van der Waals surface area contributed by atoms with Crippen LogP contribution in [0.3, 0.4) is 0 Å². The molecular weight excluding hydrogens is 257 g/mol. The zero-order valence-electron chi connectivity index (χ0n) is 11.2. The fourth-order valence-electron chi connectivity index (χ4n) is 2.14. The second-order valence-electron chi connectivity index (χ2n) is 4.63. The molecule has 3 nitrogen and oxygen atoms in total. The van der Waals surface area contributed by atoms with Gasteiger partial charge >= 0.3 is 5.97 Å². The lowest BCUT2D eigenvalue weighted by Crippen LogP contribution is -2.30. The summed E-state index contributed by atoms with van der Waals surface area (Å²) in [4.78, 5) is 12.7. The van der Waals surface area contributed by atoms with Crippen molar-refractivity contribution in [2.24, 2.45) is 0 Å². The first-order chi connectivity index (χ1) is 9.58. The molecule has 0 atom stereocenters. The number of halogens is 1. The predicted molar refractivity (Wildman–Crippen MR) is 76.3 cm³/mol. The molecule has 0 bridgehead atoms. The zero-order chi connectivity index (χ0) is 14.5. The Morgan fingerprint density at radius 2 is 1.80 bits per heavy atom. The molecule has 0 aliphatic carbocycles. The summed E-state index contributed by atoms with van der Waals surface area (Å²) in [5, 5.41) is 9.05. The number of anilines is 1. The van der Waals surface area contributed by atoms with Gasteiger partial charge in [0.15, 0.2) is 0 Å². The number of carbonyl (C=O) groups is 1. The Bertz CT molecular complexity index is 613. The van der Waals surface area contributed by atoms with E-state index in [1.54, 1.807) is 23.1 Å². The SMILES string of the molecule is Cc1ccccc1N(CC(=O)O)Cc1ccccc1F. The Morgan fingerprint density at radius 3 is 2.45 bits per heavy atom. The summed E-state index contributed by atoms with van der Waals surface area (Å²) in [5.41, 5.74) is 2.25. The molecule has 0 saturated heterocycles. The van der Waals surface area contributed by atoms with Crippen LogP contribution in [0.5, 0.6) is 0 Å². The van der Waals surface area contributed by atoms with E-state index in [4.69, 9.17) is 5.11 Å². The monoisotopic (exact) mass is 273 g/mol. The highest BCUT2D eigenvalue weighted by Crippen LogP contribution is 2.22. The van der Waals surface area contributed by atoms with Gasteiger partial charge in [0.1, 0.15) is 12.4 Å². The molecule has 20 heavy (non-hydrogen) atoms. The highest BCUT2D eigenvalue weighted by Gasteiger charge is 2.14. The second-order valence-corrected chi connectivity index (χ2v) is 4.63. The number of para-hydroxylation sites is 1. The molecule has 0 amide bonds. The van der Waals surface area contributed by atoms with Crippen LogP contribution in [-0.2, 0) is 11.3 Å². The van der Waals surface area contributed by atoms with E-state index in [9.17, 15) is 9.18 Å². The van der Waals surface area contributed by atoms with E-state index in [1.807, 2.05) is 31.2 Å². The maximum absolute atomic E-state index is 13.7. The third-order valence-electron chi connectivity index (χ3n) is 3.10. The molecule has 0 saturated carbocycles. The smallest absolute Gasteiger partial charge is 0.323 e. The van der Waals surface area contributed by atoms with Crippen molar-refractivity contribution in [3.8, 4) is 0 Å². The summed E-state index contributed by atoms with van der Waals surface area (Å²) < 4.78 is 13.7.